The summed E-state index contributed by atoms with van der Waals surface area (Å²) in [6.45, 7) is 3.23. The SMILES string of the molecule is COC(=O)CC1c2ccccc2N=C(N2CCN(c3ccncc3)CC2)N1c1ccc(-c2ccc(F)cc2)cc1. The van der Waals surface area contributed by atoms with Crippen molar-refractivity contribution in [3.05, 3.63) is 109 Å². The van der Waals surface area contributed by atoms with Crippen LogP contribution in [0.15, 0.2) is 102 Å². The van der Waals surface area contributed by atoms with E-state index in [9.17, 15) is 9.18 Å². The number of rotatable bonds is 5. The summed E-state index contributed by atoms with van der Waals surface area (Å²) < 4.78 is 18.6. The molecule has 0 radical (unpaired) electrons. The van der Waals surface area contributed by atoms with Crippen molar-refractivity contribution in [2.24, 2.45) is 4.99 Å². The number of nitrogens with zero attached hydrogens (tertiary/aromatic N) is 5. The number of pyridine rings is 1. The van der Waals surface area contributed by atoms with Crippen LogP contribution < -0.4 is 9.80 Å². The maximum Gasteiger partial charge on any atom is 0.307 e. The molecular formula is C32H30FN5O2. The first-order valence-corrected chi connectivity index (χ1v) is 13.4. The van der Waals surface area contributed by atoms with Gasteiger partial charge in [0, 0.05) is 55.5 Å². The Morgan fingerprint density at radius 3 is 2.12 bits per heavy atom. The first-order valence-electron chi connectivity index (χ1n) is 13.4. The molecule has 7 nitrogen and oxygen atoms in total. The van der Waals surface area contributed by atoms with E-state index in [0.717, 1.165) is 65.9 Å². The van der Waals surface area contributed by atoms with Crippen molar-refractivity contribution >= 4 is 29.0 Å². The smallest absolute Gasteiger partial charge is 0.307 e. The largest absolute Gasteiger partial charge is 0.469 e. The van der Waals surface area contributed by atoms with E-state index >= 15 is 0 Å². The van der Waals surface area contributed by atoms with Gasteiger partial charge < -0.3 is 19.4 Å². The second-order valence-electron chi connectivity index (χ2n) is 9.87. The number of benzene rings is 3. The number of methoxy groups -OCH3 is 1. The number of carbonyl (C=O) groups is 1. The lowest BCUT2D eigenvalue weighted by Crippen LogP contribution is -2.55. The first-order chi connectivity index (χ1) is 19.6. The fraction of sp³-hybridized carbons (Fsp3) is 0.219. The molecule has 40 heavy (non-hydrogen) atoms. The van der Waals surface area contributed by atoms with Gasteiger partial charge in [0.2, 0.25) is 5.96 Å². The molecule has 0 bridgehead atoms. The number of aliphatic imine (C=N–C) groups is 1. The number of para-hydroxylation sites is 1. The number of carbonyl (C=O) groups excluding carboxylic acids is 1. The molecule has 0 amide bonds. The van der Waals surface area contributed by atoms with Gasteiger partial charge in [-0.25, -0.2) is 9.38 Å². The van der Waals surface area contributed by atoms with Crippen LogP contribution in [0, 0.1) is 5.82 Å². The zero-order valence-corrected chi connectivity index (χ0v) is 22.3. The van der Waals surface area contributed by atoms with Gasteiger partial charge in [-0.15, -0.1) is 0 Å². The third-order valence-electron chi connectivity index (χ3n) is 7.54. The third-order valence-corrected chi connectivity index (χ3v) is 7.54. The maximum atomic E-state index is 13.5. The highest BCUT2D eigenvalue weighted by Crippen LogP contribution is 2.41. The number of piperazine rings is 1. The van der Waals surface area contributed by atoms with Gasteiger partial charge >= 0.3 is 5.97 Å². The van der Waals surface area contributed by atoms with E-state index in [0.29, 0.717) is 0 Å². The van der Waals surface area contributed by atoms with E-state index in [1.54, 1.807) is 12.1 Å². The summed E-state index contributed by atoms with van der Waals surface area (Å²) in [7, 11) is 1.42. The predicted molar refractivity (Wildman–Crippen MR) is 155 cm³/mol. The molecular weight excluding hydrogens is 505 g/mol. The van der Waals surface area contributed by atoms with Gasteiger partial charge in [0.05, 0.1) is 25.3 Å². The number of hydrogen-bond acceptors (Lipinski definition) is 7. The Morgan fingerprint density at radius 2 is 1.45 bits per heavy atom. The number of guanidine groups is 1. The predicted octanol–water partition coefficient (Wildman–Crippen LogP) is 5.82. The van der Waals surface area contributed by atoms with Crippen LogP contribution in [-0.4, -0.2) is 55.1 Å². The number of esters is 1. The van der Waals surface area contributed by atoms with Gasteiger partial charge in [-0.1, -0.05) is 42.5 Å². The van der Waals surface area contributed by atoms with Crippen LogP contribution in [0.1, 0.15) is 18.0 Å². The minimum Gasteiger partial charge on any atom is -0.469 e. The van der Waals surface area contributed by atoms with Crippen molar-refractivity contribution in [1.82, 2.24) is 9.88 Å². The van der Waals surface area contributed by atoms with Gasteiger partial charge in [0.25, 0.3) is 0 Å². The third kappa shape index (κ3) is 5.12. The van der Waals surface area contributed by atoms with E-state index in [1.807, 2.05) is 73.1 Å². The summed E-state index contributed by atoms with van der Waals surface area (Å²) in [6, 6.07) is 26.4. The molecule has 202 valence electrons. The molecule has 0 N–H and O–H groups in total. The average molecular weight is 536 g/mol. The van der Waals surface area contributed by atoms with Crippen LogP contribution in [-0.2, 0) is 9.53 Å². The zero-order chi connectivity index (χ0) is 27.5. The van der Waals surface area contributed by atoms with Crippen LogP contribution in [0.3, 0.4) is 0 Å². The molecule has 1 unspecified atom stereocenters. The Bertz CT molecular complexity index is 1500. The summed E-state index contributed by atoms with van der Waals surface area (Å²) in [5, 5.41) is 0. The topological polar surface area (TPSA) is 61.3 Å². The molecule has 1 fully saturated rings. The van der Waals surface area contributed by atoms with E-state index in [4.69, 9.17) is 9.73 Å². The molecule has 3 aromatic carbocycles. The normalized spacial score (nSPS) is 16.8. The lowest BCUT2D eigenvalue weighted by Gasteiger charge is -2.45. The molecule has 0 spiro atoms. The van der Waals surface area contributed by atoms with Gasteiger partial charge in [-0.2, -0.15) is 0 Å². The lowest BCUT2D eigenvalue weighted by molar-refractivity contribution is -0.141. The van der Waals surface area contributed by atoms with Crippen LogP contribution in [0.2, 0.25) is 0 Å². The highest BCUT2D eigenvalue weighted by molar-refractivity contribution is 6.01. The Balaban J connectivity index is 1.36. The summed E-state index contributed by atoms with van der Waals surface area (Å²) >= 11 is 0. The quantitative estimate of drug-likeness (QED) is 0.300. The van der Waals surface area contributed by atoms with Gasteiger partial charge in [-0.3, -0.25) is 9.78 Å². The number of ether oxygens (including phenoxy) is 1. The number of aromatic nitrogens is 1. The van der Waals surface area contributed by atoms with Gasteiger partial charge in [0.15, 0.2) is 0 Å². The second-order valence-corrected chi connectivity index (χ2v) is 9.87. The minimum atomic E-state index is -0.286. The molecule has 2 aliphatic heterocycles. The molecule has 6 rings (SSSR count). The van der Waals surface area contributed by atoms with Crippen LogP contribution in [0.25, 0.3) is 11.1 Å². The Morgan fingerprint density at radius 1 is 0.825 bits per heavy atom. The second kappa shape index (κ2) is 11.2. The first kappa shape index (κ1) is 25.6. The van der Waals surface area contributed by atoms with E-state index in [-0.39, 0.29) is 24.2 Å². The van der Waals surface area contributed by atoms with Crippen molar-refractivity contribution in [1.29, 1.82) is 0 Å². The molecule has 3 heterocycles. The molecule has 8 heteroatoms. The van der Waals surface area contributed by atoms with Crippen molar-refractivity contribution in [3.8, 4) is 11.1 Å². The number of anilines is 2. The minimum absolute atomic E-state index is 0.184. The molecule has 1 atom stereocenters. The van der Waals surface area contributed by atoms with E-state index in [1.165, 1.54) is 19.2 Å². The monoisotopic (exact) mass is 535 g/mol. The van der Waals surface area contributed by atoms with Crippen molar-refractivity contribution in [3.63, 3.8) is 0 Å². The molecule has 0 saturated carbocycles. The standard InChI is InChI=1S/C32H30FN5O2/c1-40-31(39)22-30-28-4-2-3-5-29(28)35-32(37-20-18-36(19-21-37)26-14-16-34-17-15-26)38(30)27-12-8-24(9-13-27)23-6-10-25(33)11-7-23/h2-17,30H,18-22H2,1H3. The summed E-state index contributed by atoms with van der Waals surface area (Å²) in [5.41, 5.74) is 5.84. The Kier molecular flexibility index (Phi) is 7.14. The van der Waals surface area contributed by atoms with Crippen molar-refractivity contribution in [2.45, 2.75) is 12.5 Å². The van der Waals surface area contributed by atoms with Gasteiger partial charge in [0.1, 0.15) is 5.82 Å². The average Bonchev–Trinajstić information content (AvgIpc) is 3.02. The maximum absolute atomic E-state index is 13.5. The molecule has 0 aliphatic carbocycles. The lowest BCUT2D eigenvalue weighted by atomic mass is 9.97. The van der Waals surface area contributed by atoms with Crippen molar-refractivity contribution in [2.75, 3.05) is 43.1 Å². The molecule has 4 aromatic rings. The highest BCUT2D eigenvalue weighted by atomic mass is 19.1. The van der Waals surface area contributed by atoms with E-state index in [2.05, 4.69) is 19.7 Å². The van der Waals surface area contributed by atoms with Crippen molar-refractivity contribution < 1.29 is 13.9 Å². The fourth-order valence-corrected chi connectivity index (χ4v) is 5.45. The summed E-state index contributed by atoms with van der Waals surface area (Å²) in [4.78, 5) is 28.8. The number of halogens is 1. The van der Waals surface area contributed by atoms with Gasteiger partial charge in [-0.05, 0) is 53.6 Å². The van der Waals surface area contributed by atoms with Crippen LogP contribution >= 0.6 is 0 Å². The fourth-order valence-electron chi connectivity index (χ4n) is 5.45. The summed E-state index contributed by atoms with van der Waals surface area (Å²) in [5.74, 6) is 0.274. The number of fused-ring (bicyclic) bond motifs is 1. The number of hydrogen-bond donors (Lipinski definition) is 0. The zero-order valence-electron chi connectivity index (χ0n) is 22.3. The van der Waals surface area contributed by atoms with Crippen LogP contribution in [0.4, 0.5) is 21.5 Å². The van der Waals surface area contributed by atoms with E-state index < -0.39 is 0 Å². The Labute approximate surface area is 233 Å². The Hall–Kier alpha value is -4.72. The molecule has 2 aliphatic rings. The van der Waals surface area contributed by atoms with Crippen LogP contribution in [0.5, 0.6) is 0 Å². The summed E-state index contributed by atoms with van der Waals surface area (Å²) in [6.07, 6.45) is 3.82. The molecule has 1 aromatic heterocycles. The highest BCUT2D eigenvalue weighted by Gasteiger charge is 2.36. The molecule has 1 saturated heterocycles.